The molecule has 4 rings (SSSR count). The summed E-state index contributed by atoms with van der Waals surface area (Å²) in [5, 5.41) is 0.497. The molecular formula is C26H31NO7. The third-order valence-electron chi connectivity index (χ3n) is 5.58. The van der Waals surface area contributed by atoms with E-state index in [1.165, 1.54) is 7.11 Å². The Morgan fingerprint density at radius 2 is 1.29 bits per heavy atom. The van der Waals surface area contributed by atoms with E-state index in [0.29, 0.717) is 82.7 Å². The van der Waals surface area contributed by atoms with E-state index >= 15 is 0 Å². The minimum Gasteiger partial charge on any atom is -0.490 e. The second-order valence-corrected chi connectivity index (χ2v) is 7.77. The highest BCUT2D eigenvalue weighted by Gasteiger charge is 2.17. The Morgan fingerprint density at radius 3 is 1.88 bits per heavy atom. The number of hydrogen-bond donors (Lipinski definition) is 0. The molecule has 1 aliphatic rings. The van der Waals surface area contributed by atoms with Gasteiger partial charge in [-0.2, -0.15) is 0 Å². The Kier molecular flexibility index (Phi) is 8.92. The summed E-state index contributed by atoms with van der Waals surface area (Å²) >= 11 is 0. The van der Waals surface area contributed by atoms with Crippen molar-refractivity contribution in [1.29, 1.82) is 0 Å². The second-order valence-electron chi connectivity index (χ2n) is 7.77. The highest BCUT2D eigenvalue weighted by atomic mass is 16.6. The zero-order valence-corrected chi connectivity index (χ0v) is 19.5. The monoisotopic (exact) mass is 469 g/mol. The minimum atomic E-state index is -0.184. The van der Waals surface area contributed by atoms with E-state index in [1.54, 1.807) is 12.1 Å². The Bertz CT molecular complexity index is 1080. The van der Waals surface area contributed by atoms with Crippen molar-refractivity contribution in [2.75, 3.05) is 78.0 Å². The molecule has 0 aliphatic carbocycles. The van der Waals surface area contributed by atoms with Crippen molar-refractivity contribution < 1.29 is 28.1 Å². The summed E-state index contributed by atoms with van der Waals surface area (Å²) in [4.78, 5) is 15.1. The van der Waals surface area contributed by atoms with Gasteiger partial charge in [0.05, 0.1) is 65.4 Å². The van der Waals surface area contributed by atoms with E-state index in [0.717, 1.165) is 11.3 Å². The summed E-state index contributed by atoms with van der Waals surface area (Å²) in [5.74, 6) is 0.619. The fourth-order valence-electron chi connectivity index (χ4n) is 3.81. The molecule has 0 atom stereocenters. The molecule has 34 heavy (non-hydrogen) atoms. The first-order chi connectivity index (χ1) is 16.8. The predicted octanol–water partition coefficient (Wildman–Crippen LogP) is 3.36. The first-order valence-corrected chi connectivity index (χ1v) is 11.5. The number of nitrogens with zero attached hydrogens (tertiary/aromatic N) is 1. The van der Waals surface area contributed by atoms with Crippen molar-refractivity contribution in [2.45, 2.75) is 0 Å². The Morgan fingerprint density at radius 1 is 0.735 bits per heavy atom. The molecule has 2 heterocycles. The SMILES string of the molecule is COc1c(-c2ccc(N3CCOCCOCCOCCOCC3)cc2)oc2ccccc2c1=O. The average Bonchev–Trinajstić information content (AvgIpc) is 2.88. The van der Waals surface area contributed by atoms with Crippen LogP contribution in [0.15, 0.2) is 57.7 Å². The van der Waals surface area contributed by atoms with E-state index in [2.05, 4.69) is 4.90 Å². The van der Waals surface area contributed by atoms with Crippen LogP contribution in [-0.2, 0) is 18.9 Å². The van der Waals surface area contributed by atoms with Crippen molar-refractivity contribution >= 4 is 16.7 Å². The number of methoxy groups -OCH3 is 1. The predicted molar refractivity (Wildman–Crippen MR) is 130 cm³/mol. The molecule has 0 saturated carbocycles. The number of para-hydroxylation sites is 1. The lowest BCUT2D eigenvalue weighted by atomic mass is 10.1. The summed E-state index contributed by atoms with van der Waals surface area (Å²) in [6.45, 7) is 5.90. The first-order valence-electron chi connectivity index (χ1n) is 11.5. The third kappa shape index (κ3) is 6.15. The van der Waals surface area contributed by atoms with Gasteiger partial charge in [-0.25, -0.2) is 0 Å². The van der Waals surface area contributed by atoms with E-state index < -0.39 is 0 Å². The quantitative estimate of drug-likeness (QED) is 0.578. The summed E-state index contributed by atoms with van der Waals surface area (Å²) < 4.78 is 33.9. The average molecular weight is 470 g/mol. The van der Waals surface area contributed by atoms with Gasteiger partial charge >= 0.3 is 0 Å². The van der Waals surface area contributed by atoms with E-state index in [4.69, 9.17) is 28.1 Å². The molecule has 1 aliphatic heterocycles. The maximum atomic E-state index is 12.9. The third-order valence-corrected chi connectivity index (χ3v) is 5.58. The fraction of sp³-hybridized carbons (Fsp3) is 0.423. The van der Waals surface area contributed by atoms with Crippen LogP contribution >= 0.6 is 0 Å². The Hall–Kier alpha value is -2.91. The van der Waals surface area contributed by atoms with Gasteiger partial charge in [0.15, 0.2) is 5.76 Å². The van der Waals surface area contributed by atoms with Crippen LogP contribution in [0.5, 0.6) is 5.75 Å². The largest absolute Gasteiger partial charge is 0.490 e. The maximum Gasteiger partial charge on any atom is 0.235 e. The van der Waals surface area contributed by atoms with Gasteiger partial charge < -0.3 is 33.0 Å². The van der Waals surface area contributed by atoms with Crippen LogP contribution in [0.4, 0.5) is 5.69 Å². The van der Waals surface area contributed by atoms with Crippen molar-refractivity contribution in [3.63, 3.8) is 0 Å². The van der Waals surface area contributed by atoms with Gasteiger partial charge in [-0.3, -0.25) is 4.79 Å². The van der Waals surface area contributed by atoms with Gasteiger partial charge in [-0.05, 0) is 36.4 Å². The van der Waals surface area contributed by atoms with Crippen LogP contribution in [0.3, 0.4) is 0 Å². The van der Waals surface area contributed by atoms with Gasteiger partial charge in [0.1, 0.15) is 5.58 Å². The molecule has 1 aromatic heterocycles. The smallest absolute Gasteiger partial charge is 0.235 e. The number of anilines is 1. The van der Waals surface area contributed by atoms with Crippen LogP contribution < -0.4 is 15.1 Å². The zero-order chi connectivity index (χ0) is 23.6. The highest BCUT2D eigenvalue weighted by molar-refractivity contribution is 5.82. The van der Waals surface area contributed by atoms with E-state index in [-0.39, 0.29) is 11.2 Å². The van der Waals surface area contributed by atoms with Gasteiger partial charge in [0, 0.05) is 24.3 Å². The van der Waals surface area contributed by atoms with Crippen LogP contribution in [0, 0.1) is 0 Å². The van der Waals surface area contributed by atoms with Crippen LogP contribution in [0.2, 0.25) is 0 Å². The summed E-state index contributed by atoms with van der Waals surface area (Å²) in [6.07, 6.45) is 0. The lowest BCUT2D eigenvalue weighted by Crippen LogP contribution is -2.31. The van der Waals surface area contributed by atoms with Gasteiger partial charge in [-0.1, -0.05) is 12.1 Å². The Labute approximate surface area is 198 Å². The summed E-state index contributed by atoms with van der Waals surface area (Å²) in [5.41, 5.74) is 2.13. The number of hydrogen-bond acceptors (Lipinski definition) is 8. The zero-order valence-electron chi connectivity index (χ0n) is 19.5. The maximum absolute atomic E-state index is 12.9. The molecule has 2 aromatic carbocycles. The minimum absolute atomic E-state index is 0.184. The molecule has 1 saturated heterocycles. The molecule has 3 aromatic rings. The van der Waals surface area contributed by atoms with Crippen molar-refractivity contribution in [3.8, 4) is 17.1 Å². The van der Waals surface area contributed by atoms with E-state index in [9.17, 15) is 4.79 Å². The molecule has 182 valence electrons. The molecule has 0 unspecified atom stereocenters. The second kappa shape index (κ2) is 12.5. The fourth-order valence-corrected chi connectivity index (χ4v) is 3.81. The van der Waals surface area contributed by atoms with Crippen molar-refractivity contribution in [2.24, 2.45) is 0 Å². The van der Waals surface area contributed by atoms with Gasteiger partial charge in [0.2, 0.25) is 11.2 Å². The molecule has 0 N–H and O–H groups in total. The summed E-state index contributed by atoms with van der Waals surface area (Å²) in [7, 11) is 1.48. The first kappa shape index (κ1) is 24.2. The normalized spacial score (nSPS) is 17.1. The Balaban J connectivity index is 1.52. The molecular weight excluding hydrogens is 438 g/mol. The lowest BCUT2D eigenvalue weighted by molar-refractivity contribution is 0.00206. The van der Waals surface area contributed by atoms with Crippen molar-refractivity contribution in [1.82, 2.24) is 0 Å². The van der Waals surface area contributed by atoms with Crippen LogP contribution in [0.1, 0.15) is 0 Å². The topological polar surface area (TPSA) is 79.6 Å². The summed E-state index contributed by atoms with van der Waals surface area (Å²) in [6, 6.07) is 15.1. The number of ether oxygens (including phenoxy) is 5. The number of rotatable bonds is 3. The molecule has 1 fully saturated rings. The number of fused-ring (bicyclic) bond motifs is 1. The van der Waals surface area contributed by atoms with Crippen LogP contribution in [-0.4, -0.2) is 73.1 Å². The van der Waals surface area contributed by atoms with Crippen LogP contribution in [0.25, 0.3) is 22.3 Å². The molecule has 0 spiro atoms. The standard InChI is InChI=1S/C26H31NO7/c1-29-26-24(28)22-4-2-3-5-23(22)34-25(26)20-6-8-21(9-7-20)27-10-12-30-14-16-32-18-19-33-17-15-31-13-11-27/h2-9H,10-19H2,1H3. The van der Waals surface area contributed by atoms with Crippen molar-refractivity contribution in [3.05, 3.63) is 58.8 Å². The lowest BCUT2D eigenvalue weighted by Gasteiger charge is -2.25. The van der Waals surface area contributed by atoms with E-state index in [1.807, 2.05) is 36.4 Å². The molecule has 0 amide bonds. The van der Waals surface area contributed by atoms with Gasteiger partial charge in [-0.15, -0.1) is 0 Å². The molecule has 8 heteroatoms. The highest BCUT2D eigenvalue weighted by Crippen LogP contribution is 2.31. The molecule has 0 bridgehead atoms. The molecule has 8 nitrogen and oxygen atoms in total. The van der Waals surface area contributed by atoms with Gasteiger partial charge in [0.25, 0.3) is 0 Å². The number of benzene rings is 2. The molecule has 0 radical (unpaired) electrons.